The molecule has 7 nitrogen and oxygen atoms in total. The highest BCUT2D eigenvalue weighted by atomic mass is 35.5. The number of ketones is 1. The third kappa shape index (κ3) is 6.02. The molecule has 30 heavy (non-hydrogen) atoms. The Bertz CT molecular complexity index is 1100. The van der Waals surface area contributed by atoms with Crippen LogP contribution < -0.4 is 10.6 Å². The van der Waals surface area contributed by atoms with Crippen LogP contribution in [0.1, 0.15) is 27.6 Å². The predicted octanol–water partition coefficient (Wildman–Crippen LogP) is 5.03. The first kappa shape index (κ1) is 22.2. The molecule has 0 spiro atoms. The highest BCUT2D eigenvalue weighted by Gasteiger charge is 2.15. The molecule has 3 rings (SSSR count). The van der Waals surface area contributed by atoms with Crippen LogP contribution in [0.2, 0.25) is 10.0 Å². The standard InChI is InChI=1S/C19H14Cl2N4O3S2/c1-10(26)11-2-5-13(6-3-11)22-16(27)9-29-19-25-24-18(30-19)23-17(28)14-8-12(20)4-7-15(14)21/h2-8H,9H2,1H3,(H,22,27)(H,23,24,28). The summed E-state index contributed by atoms with van der Waals surface area (Å²) in [7, 11) is 0. The number of rotatable bonds is 7. The van der Waals surface area contributed by atoms with Crippen LogP contribution in [0, 0.1) is 0 Å². The molecule has 0 unspecified atom stereocenters. The van der Waals surface area contributed by atoms with Gasteiger partial charge in [0.2, 0.25) is 11.0 Å². The predicted molar refractivity (Wildman–Crippen MR) is 120 cm³/mol. The first-order valence-corrected chi connectivity index (χ1v) is 11.0. The van der Waals surface area contributed by atoms with Gasteiger partial charge in [0, 0.05) is 16.3 Å². The van der Waals surface area contributed by atoms with Gasteiger partial charge in [0.15, 0.2) is 10.1 Å². The van der Waals surface area contributed by atoms with Crippen LogP contribution in [-0.4, -0.2) is 33.5 Å². The number of benzene rings is 2. The van der Waals surface area contributed by atoms with E-state index >= 15 is 0 Å². The van der Waals surface area contributed by atoms with E-state index in [0.717, 1.165) is 11.3 Å². The zero-order valence-electron chi connectivity index (χ0n) is 15.4. The van der Waals surface area contributed by atoms with E-state index < -0.39 is 5.91 Å². The van der Waals surface area contributed by atoms with Gasteiger partial charge >= 0.3 is 0 Å². The number of thioether (sulfide) groups is 1. The van der Waals surface area contributed by atoms with Crippen molar-refractivity contribution in [1.82, 2.24) is 10.2 Å². The molecular weight excluding hydrogens is 467 g/mol. The topological polar surface area (TPSA) is 101 Å². The van der Waals surface area contributed by atoms with E-state index in [2.05, 4.69) is 20.8 Å². The Morgan fingerprint density at radius 3 is 2.47 bits per heavy atom. The van der Waals surface area contributed by atoms with Crippen molar-refractivity contribution in [3.05, 3.63) is 63.6 Å². The molecule has 0 saturated heterocycles. The normalized spacial score (nSPS) is 10.5. The molecule has 154 valence electrons. The molecule has 0 aliphatic carbocycles. The van der Waals surface area contributed by atoms with Gasteiger partial charge in [-0.25, -0.2) is 0 Å². The zero-order valence-corrected chi connectivity index (χ0v) is 18.6. The van der Waals surface area contributed by atoms with E-state index in [0.29, 0.717) is 20.6 Å². The fraction of sp³-hybridized carbons (Fsp3) is 0.105. The summed E-state index contributed by atoms with van der Waals surface area (Å²) in [6, 6.07) is 11.2. The number of halogens is 2. The summed E-state index contributed by atoms with van der Waals surface area (Å²) in [6.45, 7) is 1.48. The summed E-state index contributed by atoms with van der Waals surface area (Å²) < 4.78 is 0.518. The van der Waals surface area contributed by atoms with Crippen LogP contribution in [0.15, 0.2) is 46.8 Å². The van der Waals surface area contributed by atoms with E-state index in [1.807, 2.05) is 0 Å². The van der Waals surface area contributed by atoms with Crippen molar-refractivity contribution in [2.45, 2.75) is 11.3 Å². The number of nitrogens with zero attached hydrogens (tertiary/aromatic N) is 2. The van der Waals surface area contributed by atoms with Crippen LogP contribution in [0.25, 0.3) is 0 Å². The molecule has 0 bridgehead atoms. The zero-order chi connectivity index (χ0) is 21.7. The van der Waals surface area contributed by atoms with E-state index in [1.54, 1.807) is 30.3 Å². The Kier molecular flexibility index (Phi) is 7.43. The molecule has 2 amide bonds. The Morgan fingerprint density at radius 2 is 1.77 bits per heavy atom. The summed E-state index contributed by atoms with van der Waals surface area (Å²) >= 11 is 14.2. The minimum absolute atomic E-state index is 0.0415. The minimum atomic E-state index is -0.457. The molecule has 2 aromatic carbocycles. The number of anilines is 2. The average Bonchev–Trinajstić information content (AvgIpc) is 3.16. The van der Waals surface area contributed by atoms with Gasteiger partial charge in [0.1, 0.15) is 0 Å². The van der Waals surface area contributed by atoms with E-state index in [1.165, 1.54) is 30.8 Å². The second-order valence-corrected chi connectivity index (χ2v) is 8.97. The van der Waals surface area contributed by atoms with Crippen LogP contribution in [0.3, 0.4) is 0 Å². The van der Waals surface area contributed by atoms with Gasteiger partial charge in [0.05, 0.1) is 16.3 Å². The number of Topliss-reactive ketones (excluding diaryl/α,β-unsaturated/α-hetero) is 1. The van der Waals surface area contributed by atoms with Gasteiger partial charge in [-0.3, -0.25) is 19.7 Å². The second-order valence-electron chi connectivity index (χ2n) is 5.92. The molecule has 2 N–H and O–H groups in total. The van der Waals surface area contributed by atoms with Gasteiger partial charge in [-0.05, 0) is 49.4 Å². The van der Waals surface area contributed by atoms with E-state index in [9.17, 15) is 14.4 Å². The molecule has 1 aromatic heterocycles. The number of carbonyl (C=O) groups is 3. The fourth-order valence-electron chi connectivity index (χ4n) is 2.27. The first-order chi connectivity index (χ1) is 14.3. The highest BCUT2D eigenvalue weighted by Crippen LogP contribution is 2.27. The number of aromatic nitrogens is 2. The number of hydrogen-bond acceptors (Lipinski definition) is 7. The Morgan fingerprint density at radius 1 is 1.03 bits per heavy atom. The lowest BCUT2D eigenvalue weighted by Gasteiger charge is -2.05. The van der Waals surface area contributed by atoms with Crippen molar-refractivity contribution in [2.24, 2.45) is 0 Å². The van der Waals surface area contributed by atoms with Gasteiger partial charge in [0.25, 0.3) is 5.91 Å². The van der Waals surface area contributed by atoms with Gasteiger partial charge in [-0.1, -0.05) is 46.3 Å². The molecule has 0 radical (unpaired) electrons. The lowest BCUT2D eigenvalue weighted by molar-refractivity contribution is -0.113. The largest absolute Gasteiger partial charge is 0.325 e. The van der Waals surface area contributed by atoms with Crippen LogP contribution in [-0.2, 0) is 4.79 Å². The Labute approximate surface area is 190 Å². The molecule has 0 fully saturated rings. The molecule has 3 aromatic rings. The lowest BCUT2D eigenvalue weighted by atomic mass is 10.1. The molecule has 1 heterocycles. The van der Waals surface area contributed by atoms with Gasteiger partial charge < -0.3 is 5.32 Å². The third-order valence-electron chi connectivity index (χ3n) is 3.70. The fourth-order valence-corrected chi connectivity index (χ4v) is 4.19. The summed E-state index contributed by atoms with van der Waals surface area (Å²) in [5, 5.41) is 14.1. The van der Waals surface area contributed by atoms with Crippen LogP contribution in [0.5, 0.6) is 0 Å². The molecule has 0 aliphatic rings. The van der Waals surface area contributed by atoms with Gasteiger partial charge in [-0.2, -0.15) is 0 Å². The van der Waals surface area contributed by atoms with Gasteiger partial charge in [-0.15, -0.1) is 10.2 Å². The SMILES string of the molecule is CC(=O)c1ccc(NC(=O)CSc2nnc(NC(=O)c3cc(Cl)ccc3Cl)s2)cc1. The van der Waals surface area contributed by atoms with Crippen molar-refractivity contribution in [3.63, 3.8) is 0 Å². The second kappa shape index (κ2) is 10.0. The summed E-state index contributed by atoms with van der Waals surface area (Å²) in [6.07, 6.45) is 0. The first-order valence-electron chi connectivity index (χ1n) is 8.45. The van der Waals surface area contributed by atoms with Crippen LogP contribution in [0.4, 0.5) is 10.8 Å². The molecule has 11 heteroatoms. The summed E-state index contributed by atoms with van der Waals surface area (Å²) in [4.78, 5) is 35.7. The average molecular weight is 481 g/mol. The van der Waals surface area contributed by atoms with Crippen LogP contribution >= 0.6 is 46.3 Å². The number of amides is 2. The van der Waals surface area contributed by atoms with Crippen molar-refractivity contribution in [1.29, 1.82) is 0 Å². The van der Waals surface area contributed by atoms with Crippen molar-refractivity contribution < 1.29 is 14.4 Å². The number of hydrogen-bond donors (Lipinski definition) is 2. The molecular formula is C19H14Cl2N4O3S2. The van der Waals surface area contributed by atoms with E-state index in [4.69, 9.17) is 23.2 Å². The maximum absolute atomic E-state index is 12.3. The third-order valence-corrected chi connectivity index (χ3v) is 6.24. The molecule has 0 atom stereocenters. The maximum atomic E-state index is 12.3. The quantitative estimate of drug-likeness (QED) is 0.279. The maximum Gasteiger partial charge on any atom is 0.259 e. The van der Waals surface area contributed by atoms with Crippen molar-refractivity contribution in [3.8, 4) is 0 Å². The monoisotopic (exact) mass is 480 g/mol. The number of nitrogens with one attached hydrogen (secondary N) is 2. The smallest absolute Gasteiger partial charge is 0.259 e. The molecule has 0 saturated carbocycles. The van der Waals surface area contributed by atoms with Crippen molar-refractivity contribution >= 4 is 74.7 Å². The van der Waals surface area contributed by atoms with Crippen molar-refractivity contribution in [2.75, 3.05) is 16.4 Å². The minimum Gasteiger partial charge on any atom is -0.325 e. The summed E-state index contributed by atoms with van der Waals surface area (Å²) in [5.74, 6) is -0.624. The lowest BCUT2D eigenvalue weighted by Crippen LogP contribution is -2.14. The Hall–Kier alpha value is -2.46. The highest BCUT2D eigenvalue weighted by molar-refractivity contribution is 8.01. The Balaban J connectivity index is 1.52. The van der Waals surface area contributed by atoms with E-state index in [-0.39, 0.29) is 33.2 Å². The molecule has 0 aliphatic heterocycles. The number of carbonyl (C=O) groups excluding carboxylic acids is 3. The summed E-state index contributed by atoms with van der Waals surface area (Å²) in [5.41, 5.74) is 1.39.